The summed E-state index contributed by atoms with van der Waals surface area (Å²) in [5, 5.41) is 21.5. The maximum absolute atomic E-state index is 13.5. The Morgan fingerprint density at radius 3 is 2.58 bits per heavy atom. The molecule has 4 rings (SSSR count). The number of aromatic hydroxyl groups is 1. The number of nitrogens with one attached hydrogen (secondary N) is 1. The van der Waals surface area contributed by atoms with Gasteiger partial charge in [-0.25, -0.2) is 0 Å². The number of thioether (sulfide) groups is 1. The number of nitrogens with zero attached hydrogens (tertiary/aromatic N) is 1. The fourth-order valence-corrected chi connectivity index (χ4v) is 5.81. The Labute approximate surface area is 216 Å². The van der Waals surface area contributed by atoms with E-state index in [1.54, 1.807) is 0 Å². The average Bonchev–Trinajstić information content (AvgIpc) is 2.84. The van der Waals surface area contributed by atoms with Crippen LogP contribution in [0.4, 0.5) is 13.2 Å². The normalized spacial score (nSPS) is 15.9. The van der Waals surface area contributed by atoms with Gasteiger partial charge < -0.3 is 20.1 Å². The van der Waals surface area contributed by atoms with Crippen molar-refractivity contribution in [3.8, 4) is 16.9 Å². The molecule has 2 heterocycles. The third-order valence-corrected chi connectivity index (χ3v) is 7.87. The van der Waals surface area contributed by atoms with Gasteiger partial charge in [0.2, 0.25) is 0 Å². The molecule has 0 bridgehead atoms. The Bertz CT molecular complexity index is 1280. The molecular formula is C26H28ClF3N2O3S. The zero-order valence-corrected chi connectivity index (χ0v) is 21.1. The Kier molecular flexibility index (Phi) is 8.55. The Balaban J connectivity index is 1.65. The third kappa shape index (κ3) is 6.37. The molecule has 1 aliphatic heterocycles. The van der Waals surface area contributed by atoms with Crippen LogP contribution in [0.3, 0.4) is 0 Å². The minimum atomic E-state index is -4.59. The molecule has 3 N–H and O–H groups in total. The molecule has 1 saturated heterocycles. The predicted octanol–water partition coefficient (Wildman–Crippen LogP) is 6.29. The van der Waals surface area contributed by atoms with Crippen LogP contribution in [0.25, 0.3) is 22.0 Å². The fourth-order valence-electron chi connectivity index (χ4n) is 4.56. The zero-order chi connectivity index (χ0) is 25.9. The lowest BCUT2D eigenvalue weighted by molar-refractivity contribution is -0.137. The third-order valence-electron chi connectivity index (χ3n) is 6.41. The first-order valence-corrected chi connectivity index (χ1v) is 13.3. The molecule has 1 unspecified atom stereocenters. The molecule has 3 aromatic rings. The number of pyridine rings is 1. The highest BCUT2D eigenvalue weighted by Crippen LogP contribution is 2.42. The summed E-state index contributed by atoms with van der Waals surface area (Å²) in [5.74, 6) is -0.0327. The quantitative estimate of drug-likeness (QED) is 0.293. The predicted molar refractivity (Wildman–Crippen MR) is 138 cm³/mol. The average molecular weight is 541 g/mol. The summed E-state index contributed by atoms with van der Waals surface area (Å²) in [5.41, 5.74) is -0.875. The van der Waals surface area contributed by atoms with Gasteiger partial charge in [0.1, 0.15) is 5.75 Å². The van der Waals surface area contributed by atoms with Crippen molar-refractivity contribution < 1.29 is 23.4 Å². The summed E-state index contributed by atoms with van der Waals surface area (Å²) >= 11 is 7.20. The number of likely N-dealkylation sites (tertiary alicyclic amines) is 1. The van der Waals surface area contributed by atoms with Gasteiger partial charge in [-0.2, -0.15) is 13.2 Å². The maximum Gasteiger partial charge on any atom is 0.416 e. The maximum atomic E-state index is 13.5. The highest BCUT2D eigenvalue weighted by molar-refractivity contribution is 7.99. The fraction of sp³-hybridized carbons (Fsp3) is 0.423. The van der Waals surface area contributed by atoms with Gasteiger partial charge in [-0.05, 0) is 81.7 Å². The Hall–Kier alpha value is -2.20. The van der Waals surface area contributed by atoms with Crippen LogP contribution in [0.2, 0.25) is 5.02 Å². The van der Waals surface area contributed by atoms with E-state index < -0.39 is 23.4 Å². The summed E-state index contributed by atoms with van der Waals surface area (Å²) in [6.07, 6.45) is -0.285. The van der Waals surface area contributed by atoms with Crippen LogP contribution >= 0.6 is 23.4 Å². The van der Waals surface area contributed by atoms with Crippen molar-refractivity contribution in [1.82, 2.24) is 9.88 Å². The Morgan fingerprint density at radius 1 is 1.11 bits per heavy atom. The van der Waals surface area contributed by atoms with Crippen LogP contribution in [0.5, 0.6) is 5.75 Å². The van der Waals surface area contributed by atoms with E-state index in [0.29, 0.717) is 6.42 Å². The molecule has 1 fully saturated rings. The summed E-state index contributed by atoms with van der Waals surface area (Å²) in [7, 11) is 0. The van der Waals surface area contributed by atoms with Crippen molar-refractivity contribution in [1.29, 1.82) is 0 Å². The number of H-pyrrole nitrogens is 1. The summed E-state index contributed by atoms with van der Waals surface area (Å²) in [6, 6.07) is 7.27. The number of hydrogen-bond acceptors (Lipinski definition) is 5. The first kappa shape index (κ1) is 26.9. The molecule has 1 aromatic heterocycles. The minimum Gasteiger partial charge on any atom is -0.507 e. The second kappa shape index (κ2) is 11.5. The van der Waals surface area contributed by atoms with Crippen molar-refractivity contribution >= 4 is 34.3 Å². The van der Waals surface area contributed by atoms with Gasteiger partial charge in [0, 0.05) is 32.8 Å². The van der Waals surface area contributed by atoms with E-state index in [0.717, 1.165) is 49.9 Å². The van der Waals surface area contributed by atoms with Crippen LogP contribution in [-0.4, -0.2) is 51.6 Å². The lowest BCUT2D eigenvalue weighted by atomic mass is 9.98. The number of aliphatic hydroxyl groups excluding tert-OH is 1. The van der Waals surface area contributed by atoms with Gasteiger partial charge in [0.15, 0.2) is 0 Å². The molecule has 0 aliphatic carbocycles. The molecule has 36 heavy (non-hydrogen) atoms. The second-order valence-electron chi connectivity index (χ2n) is 9.09. The highest BCUT2D eigenvalue weighted by atomic mass is 35.5. The minimum absolute atomic E-state index is 0.120. The first-order valence-electron chi connectivity index (χ1n) is 11.9. The summed E-state index contributed by atoms with van der Waals surface area (Å²) in [6.45, 7) is 3.05. The smallest absolute Gasteiger partial charge is 0.416 e. The van der Waals surface area contributed by atoms with Crippen LogP contribution in [0.1, 0.15) is 37.7 Å². The van der Waals surface area contributed by atoms with E-state index in [1.807, 2.05) is 0 Å². The van der Waals surface area contributed by atoms with Crippen molar-refractivity contribution in [3.63, 3.8) is 0 Å². The molecule has 0 spiro atoms. The monoisotopic (exact) mass is 540 g/mol. The molecular weight excluding hydrogens is 513 g/mol. The van der Waals surface area contributed by atoms with Gasteiger partial charge in [0.25, 0.3) is 5.56 Å². The van der Waals surface area contributed by atoms with E-state index in [2.05, 4.69) is 9.88 Å². The van der Waals surface area contributed by atoms with Crippen LogP contribution < -0.4 is 5.56 Å². The van der Waals surface area contributed by atoms with Crippen molar-refractivity contribution in [2.45, 2.75) is 49.3 Å². The molecule has 10 heteroatoms. The number of rotatable bonds is 8. The van der Waals surface area contributed by atoms with E-state index in [1.165, 1.54) is 43.5 Å². The number of phenols is 1. The lowest BCUT2D eigenvalue weighted by Gasteiger charge is -2.26. The van der Waals surface area contributed by atoms with Gasteiger partial charge in [-0.1, -0.05) is 18.0 Å². The van der Waals surface area contributed by atoms with E-state index in [4.69, 9.17) is 11.6 Å². The molecule has 0 saturated carbocycles. The second-order valence-corrected chi connectivity index (χ2v) is 10.6. The lowest BCUT2D eigenvalue weighted by Crippen LogP contribution is -2.31. The number of halogens is 4. The number of hydrogen-bond donors (Lipinski definition) is 3. The number of aromatic nitrogens is 1. The van der Waals surface area contributed by atoms with Gasteiger partial charge in [0.05, 0.1) is 16.6 Å². The number of alkyl halides is 3. The zero-order valence-electron chi connectivity index (χ0n) is 19.6. The topological polar surface area (TPSA) is 76.6 Å². The molecule has 1 aliphatic rings. The standard InChI is InChI=1S/C26H28ClF3N2O3S/c27-17-7-9-22(34)20(14-17)23-19-13-16(26(28,29)30)6-8-21(19)31-25(35)24(23)36-15-18(33)5-4-12-32-10-2-1-3-11-32/h6-9,13-14,18,33-34H,1-5,10-12,15H2,(H,31,35). The SMILES string of the molecule is O=c1[nH]c2ccc(C(F)(F)F)cc2c(-c2cc(Cl)ccc2O)c1SCC(O)CCCN1CCCCC1. The molecule has 194 valence electrons. The summed E-state index contributed by atoms with van der Waals surface area (Å²) in [4.78, 5) is 18.2. The molecule has 2 aromatic carbocycles. The number of fused-ring (bicyclic) bond motifs is 1. The van der Waals surface area contributed by atoms with E-state index in [9.17, 15) is 28.2 Å². The van der Waals surface area contributed by atoms with Gasteiger partial charge >= 0.3 is 6.18 Å². The van der Waals surface area contributed by atoms with E-state index >= 15 is 0 Å². The van der Waals surface area contributed by atoms with Crippen molar-refractivity contribution in [3.05, 3.63) is 57.3 Å². The first-order chi connectivity index (χ1) is 17.1. The number of benzene rings is 2. The Morgan fingerprint density at radius 2 is 1.86 bits per heavy atom. The van der Waals surface area contributed by atoms with Crippen LogP contribution in [0, 0.1) is 0 Å². The van der Waals surface area contributed by atoms with Gasteiger partial charge in [-0.3, -0.25) is 4.79 Å². The highest BCUT2D eigenvalue weighted by Gasteiger charge is 2.31. The number of aliphatic hydroxyl groups is 1. The van der Waals surface area contributed by atoms with E-state index in [-0.39, 0.29) is 43.5 Å². The molecule has 5 nitrogen and oxygen atoms in total. The molecule has 0 radical (unpaired) electrons. The van der Waals surface area contributed by atoms with Crippen LogP contribution in [0.15, 0.2) is 46.1 Å². The molecule has 0 amide bonds. The van der Waals surface area contributed by atoms with Gasteiger partial charge in [-0.15, -0.1) is 11.8 Å². The number of aromatic amines is 1. The largest absolute Gasteiger partial charge is 0.507 e. The number of piperidine rings is 1. The van der Waals surface area contributed by atoms with Crippen molar-refractivity contribution in [2.24, 2.45) is 0 Å². The summed E-state index contributed by atoms with van der Waals surface area (Å²) < 4.78 is 40.5. The van der Waals surface area contributed by atoms with Crippen molar-refractivity contribution in [2.75, 3.05) is 25.4 Å². The van der Waals surface area contributed by atoms with Crippen LogP contribution in [-0.2, 0) is 6.18 Å². The number of phenolic OH excluding ortho intramolecular Hbond substituents is 1. The molecule has 1 atom stereocenters.